The number of benzene rings is 2. The molecule has 0 saturated carbocycles. The summed E-state index contributed by atoms with van der Waals surface area (Å²) in [5, 5.41) is 11.6. The molecule has 0 spiro atoms. The number of rotatable bonds is 1. The first-order valence-electron chi connectivity index (χ1n) is 4.48. The molecule has 0 atom stereocenters. The minimum atomic E-state index is 0.307. The van der Waals surface area contributed by atoms with Crippen LogP contribution in [0.2, 0.25) is 0 Å². The first kappa shape index (κ1) is 8.88. The number of phenols is 1. The molecule has 0 aromatic heterocycles. The van der Waals surface area contributed by atoms with Gasteiger partial charge in [0.15, 0.2) is 0 Å². The van der Waals surface area contributed by atoms with Gasteiger partial charge in [0.05, 0.1) is 7.11 Å². The normalized spacial score (nSPS) is 10.4. The van der Waals surface area contributed by atoms with E-state index in [-0.39, 0.29) is 0 Å². The number of methoxy groups -OCH3 is 1. The highest BCUT2D eigenvalue weighted by atomic mass is 16.5. The Balaban J connectivity index is 2.81. The van der Waals surface area contributed by atoms with Crippen LogP contribution >= 0.6 is 0 Å². The van der Waals surface area contributed by atoms with Crippen LogP contribution < -0.4 is 4.74 Å². The SMILES string of the molecule is COc1cccc2cc(C)c(O)cc12. The van der Waals surface area contributed by atoms with Crippen molar-refractivity contribution in [1.29, 1.82) is 0 Å². The van der Waals surface area contributed by atoms with Gasteiger partial charge in [-0.2, -0.15) is 0 Å². The minimum Gasteiger partial charge on any atom is -0.508 e. The summed E-state index contributed by atoms with van der Waals surface area (Å²) in [6, 6.07) is 9.52. The number of hydrogen-bond acceptors (Lipinski definition) is 2. The van der Waals surface area contributed by atoms with E-state index in [1.807, 2.05) is 31.2 Å². The van der Waals surface area contributed by atoms with Gasteiger partial charge in [0.25, 0.3) is 0 Å². The minimum absolute atomic E-state index is 0.307. The topological polar surface area (TPSA) is 29.5 Å². The Bertz CT molecular complexity index is 475. The molecule has 2 aromatic carbocycles. The number of aromatic hydroxyl groups is 1. The van der Waals surface area contributed by atoms with Crippen molar-refractivity contribution in [3.63, 3.8) is 0 Å². The lowest BCUT2D eigenvalue weighted by atomic mass is 10.1. The van der Waals surface area contributed by atoms with Crippen molar-refractivity contribution in [2.75, 3.05) is 7.11 Å². The van der Waals surface area contributed by atoms with Gasteiger partial charge in [-0.15, -0.1) is 0 Å². The van der Waals surface area contributed by atoms with Crippen molar-refractivity contribution >= 4 is 10.8 Å². The highest BCUT2D eigenvalue weighted by molar-refractivity contribution is 5.90. The van der Waals surface area contributed by atoms with Crippen molar-refractivity contribution in [2.24, 2.45) is 0 Å². The molecular formula is C12H12O2. The molecular weight excluding hydrogens is 176 g/mol. The highest BCUT2D eigenvalue weighted by Crippen LogP contribution is 2.30. The van der Waals surface area contributed by atoms with E-state index in [0.29, 0.717) is 5.75 Å². The fourth-order valence-electron chi connectivity index (χ4n) is 1.58. The predicted octanol–water partition coefficient (Wildman–Crippen LogP) is 2.86. The van der Waals surface area contributed by atoms with Crippen LogP contribution in [-0.2, 0) is 0 Å². The zero-order valence-corrected chi connectivity index (χ0v) is 8.24. The summed E-state index contributed by atoms with van der Waals surface area (Å²) in [7, 11) is 1.63. The molecule has 72 valence electrons. The molecule has 2 aromatic rings. The second-order valence-electron chi connectivity index (χ2n) is 3.32. The molecule has 0 aliphatic rings. The summed E-state index contributed by atoms with van der Waals surface area (Å²) in [6.45, 7) is 1.88. The molecule has 0 aliphatic heterocycles. The van der Waals surface area contributed by atoms with Crippen LogP contribution in [0.1, 0.15) is 5.56 Å². The van der Waals surface area contributed by atoms with Gasteiger partial charge in [-0.05, 0) is 36.1 Å². The third-order valence-corrected chi connectivity index (χ3v) is 2.38. The van der Waals surface area contributed by atoms with E-state index in [9.17, 15) is 5.11 Å². The maximum absolute atomic E-state index is 9.58. The summed E-state index contributed by atoms with van der Waals surface area (Å²) in [5.74, 6) is 1.10. The van der Waals surface area contributed by atoms with Crippen LogP contribution in [0.4, 0.5) is 0 Å². The van der Waals surface area contributed by atoms with E-state index >= 15 is 0 Å². The maximum atomic E-state index is 9.58. The second kappa shape index (κ2) is 3.22. The number of aryl methyl sites for hydroxylation is 1. The van der Waals surface area contributed by atoms with Gasteiger partial charge >= 0.3 is 0 Å². The number of hydrogen-bond donors (Lipinski definition) is 1. The summed E-state index contributed by atoms with van der Waals surface area (Å²) in [6.07, 6.45) is 0. The van der Waals surface area contributed by atoms with Crippen LogP contribution in [-0.4, -0.2) is 12.2 Å². The Morgan fingerprint density at radius 2 is 2.00 bits per heavy atom. The smallest absolute Gasteiger partial charge is 0.126 e. The van der Waals surface area contributed by atoms with Crippen molar-refractivity contribution in [3.8, 4) is 11.5 Å². The monoisotopic (exact) mass is 188 g/mol. The van der Waals surface area contributed by atoms with E-state index in [2.05, 4.69) is 0 Å². The Kier molecular flexibility index (Phi) is 2.04. The fraction of sp³-hybridized carbons (Fsp3) is 0.167. The van der Waals surface area contributed by atoms with Crippen molar-refractivity contribution in [1.82, 2.24) is 0 Å². The van der Waals surface area contributed by atoms with Gasteiger partial charge < -0.3 is 9.84 Å². The van der Waals surface area contributed by atoms with E-state index in [4.69, 9.17) is 4.74 Å². The third kappa shape index (κ3) is 1.29. The summed E-state index contributed by atoms with van der Waals surface area (Å²) in [4.78, 5) is 0. The van der Waals surface area contributed by atoms with Crippen molar-refractivity contribution in [2.45, 2.75) is 6.92 Å². The number of ether oxygens (including phenoxy) is 1. The first-order chi connectivity index (χ1) is 6.72. The molecule has 0 saturated heterocycles. The highest BCUT2D eigenvalue weighted by Gasteiger charge is 2.03. The standard InChI is InChI=1S/C12H12O2/c1-8-6-9-4-3-5-12(14-2)10(9)7-11(8)13/h3-7,13H,1-2H3. The lowest BCUT2D eigenvalue weighted by Crippen LogP contribution is -1.85. The molecule has 2 nitrogen and oxygen atoms in total. The molecule has 0 radical (unpaired) electrons. The molecule has 14 heavy (non-hydrogen) atoms. The molecule has 0 fully saturated rings. The predicted molar refractivity (Wildman–Crippen MR) is 56.9 cm³/mol. The summed E-state index contributed by atoms with van der Waals surface area (Å²) in [5.41, 5.74) is 0.880. The summed E-state index contributed by atoms with van der Waals surface area (Å²) < 4.78 is 5.21. The maximum Gasteiger partial charge on any atom is 0.126 e. The van der Waals surface area contributed by atoms with Crippen LogP contribution in [0.5, 0.6) is 11.5 Å². The van der Waals surface area contributed by atoms with E-state index in [1.54, 1.807) is 13.2 Å². The number of fused-ring (bicyclic) bond motifs is 1. The molecule has 0 bridgehead atoms. The lowest BCUT2D eigenvalue weighted by molar-refractivity contribution is 0.419. The van der Waals surface area contributed by atoms with Crippen LogP contribution in [0, 0.1) is 6.92 Å². The van der Waals surface area contributed by atoms with Crippen LogP contribution in [0.15, 0.2) is 30.3 Å². The van der Waals surface area contributed by atoms with Crippen molar-refractivity contribution < 1.29 is 9.84 Å². The third-order valence-electron chi connectivity index (χ3n) is 2.38. The van der Waals surface area contributed by atoms with E-state index < -0.39 is 0 Å². The first-order valence-corrected chi connectivity index (χ1v) is 4.48. The van der Waals surface area contributed by atoms with Crippen LogP contribution in [0.25, 0.3) is 10.8 Å². The second-order valence-corrected chi connectivity index (χ2v) is 3.32. The molecule has 0 heterocycles. The Hall–Kier alpha value is -1.70. The molecule has 0 aliphatic carbocycles. The Labute approximate surface area is 82.8 Å². The quantitative estimate of drug-likeness (QED) is 0.745. The van der Waals surface area contributed by atoms with Crippen molar-refractivity contribution in [3.05, 3.63) is 35.9 Å². The summed E-state index contributed by atoms with van der Waals surface area (Å²) >= 11 is 0. The molecule has 0 unspecified atom stereocenters. The van der Waals surface area contributed by atoms with Crippen LogP contribution in [0.3, 0.4) is 0 Å². The van der Waals surface area contributed by atoms with Gasteiger partial charge in [0.1, 0.15) is 11.5 Å². The molecule has 2 heteroatoms. The molecule has 2 rings (SSSR count). The average Bonchev–Trinajstić information content (AvgIpc) is 2.19. The number of phenolic OH excluding ortho intramolecular Hbond substituents is 1. The van der Waals surface area contributed by atoms with Gasteiger partial charge in [-0.3, -0.25) is 0 Å². The Morgan fingerprint density at radius 3 is 2.71 bits per heavy atom. The largest absolute Gasteiger partial charge is 0.508 e. The molecule has 1 N–H and O–H groups in total. The average molecular weight is 188 g/mol. The fourth-order valence-corrected chi connectivity index (χ4v) is 1.58. The lowest BCUT2D eigenvalue weighted by Gasteiger charge is -2.07. The van der Waals surface area contributed by atoms with Gasteiger partial charge in [0, 0.05) is 5.39 Å². The van der Waals surface area contributed by atoms with Gasteiger partial charge in [0.2, 0.25) is 0 Å². The Morgan fingerprint density at radius 1 is 1.21 bits per heavy atom. The van der Waals surface area contributed by atoms with E-state index in [0.717, 1.165) is 22.1 Å². The zero-order valence-electron chi connectivity index (χ0n) is 8.24. The van der Waals surface area contributed by atoms with Gasteiger partial charge in [-0.25, -0.2) is 0 Å². The van der Waals surface area contributed by atoms with E-state index in [1.165, 1.54) is 0 Å². The van der Waals surface area contributed by atoms with Gasteiger partial charge in [-0.1, -0.05) is 12.1 Å². The molecule has 0 amide bonds. The zero-order chi connectivity index (χ0) is 10.1.